The number of nitrogens with zero attached hydrogens (tertiary/aromatic N) is 1. The summed E-state index contributed by atoms with van der Waals surface area (Å²) in [6.07, 6.45) is 5.60. The van der Waals surface area contributed by atoms with Gasteiger partial charge in [0.25, 0.3) is 0 Å². The first-order chi connectivity index (χ1) is 10.6. The van der Waals surface area contributed by atoms with E-state index in [9.17, 15) is 9.59 Å². The average molecular weight is 300 g/mol. The van der Waals surface area contributed by atoms with Crippen molar-refractivity contribution < 1.29 is 9.59 Å². The maximum Gasteiger partial charge on any atom is 0.238 e. The van der Waals surface area contributed by atoms with E-state index in [2.05, 4.69) is 24.3 Å². The number of hydrogen-bond donors (Lipinski definition) is 1. The van der Waals surface area contributed by atoms with E-state index in [1.807, 2.05) is 11.0 Å². The van der Waals surface area contributed by atoms with Crippen LogP contribution < -0.4 is 5.73 Å². The number of aryl methyl sites for hydroxylation is 1. The molecule has 2 fully saturated rings. The van der Waals surface area contributed by atoms with Crippen molar-refractivity contribution in [3.63, 3.8) is 0 Å². The van der Waals surface area contributed by atoms with Crippen LogP contribution in [0.5, 0.6) is 0 Å². The van der Waals surface area contributed by atoms with E-state index in [0.717, 1.165) is 32.4 Å². The van der Waals surface area contributed by atoms with Crippen molar-refractivity contribution in [3.8, 4) is 0 Å². The van der Waals surface area contributed by atoms with Crippen LogP contribution in [-0.2, 0) is 16.0 Å². The highest BCUT2D eigenvalue weighted by Crippen LogP contribution is 2.47. The van der Waals surface area contributed by atoms with Crippen molar-refractivity contribution in [2.75, 3.05) is 13.1 Å². The molecule has 1 saturated carbocycles. The van der Waals surface area contributed by atoms with E-state index in [-0.39, 0.29) is 5.91 Å². The normalized spacial score (nSPS) is 23.1. The molecule has 118 valence electrons. The topological polar surface area (TPSA) is 63.4 Å². The minimum absolute atomic E-state index is 0.0237. The third kappa shape index (κ3) is 3.01. The number of hydrogen-bond acceptors (Lipinski definition) is 2. The molecule has 0 aromatic heterocycles. The predicted molar refractivity (Wildman–Crippen MR) is 84.9 cm³/mol. The lowest BCUT2D eigenvalue weighted by molar-refractivity contribution is -0.144. The van der Waals surface area contributed by atoms with Crippen molar-refractivity contribution in [3.05, 3.63) is 35.9 Å². The molecule has 4 nitrogen and oxygen atoms in total. The van der Waals surface area contributed by atoms with Gasteiger partial charge in [0.2, 0.25) is 11.8 Å². The summed E-state index contributed by atoms with van der Waals surface area (Å²) in [4.78, 5) is 26.0. The quantitative estimate of drug-likeness (QED) is 0.847. The number of primary amides is 1. The summed E-state index contributed by atoms with van der Waals surface area (Å²) in [6, 6.07) is 10.5. The Labute approximate surface area is 131 Å². The highest BCUT2D eigenvalue weighted by molar-refractivity contribution is 6.07. The van der Waals surface area contributed by atoms with E-state index in [0.29, 0.717) is 18.8 Å². The highest BCUT2D eigenvalue weighted by Gasteiger charge is 2.57. The summed E-state index contributed by atoms with van der Waals surface area (Å²) in [5.74, 6) is 0.0647. The minimum atomic E-state index is -0.860. The van der Waals surface area contributed by atoms with Gasteiger partial charge in [-0.05, 0) is 50.0 Å². The predicted octanol–water partition coefficient (Wildman–Crippen LogP) is 2.12. The Morgan fingerprint density at radius 1 is 1.23 bits per heavy atom. The highest BCUT2D eigenvalue weighted by atomic mass is 16.2. The Bertz CT molecular complexity index is 551. The molecule has 0 spiro atoms. The molecule has 1 heterocycles. The van der Waals surface area contributed by atoms with Crippen molar-refractivity contribution in [1.29, 1.82) is 0 Å². The van der Waals surface area contributed by atoms with Crippen LogP contribution in [0.25, 0.3) is 0 Å². The summed E-state index contributed by atoms with van der Waals surface area (Å²) >= 11 is 0. The molecule has 1 aliphatic heterocycles. The second kappa shape index (κ2) is 6.11. The van der Waals surface area contributed by atoms with Gasteiger partial charge in [0.1, 0.15) is 5.41 Å². The van der Waals surface area contributed by atoms with Crippen LogP contribution in [0.3, 0.4) is 0 Å². The van der Waals surface area contributed by atoms with Crippen LogP contribution in [0.4, 0.5) is 0 Å². The number of carbonyl (C=O) groups excluding carboxylic acids is 2. The Morgan fingerprint density at radius 2 is 1.95 bits per heavy atom. The molecule has 1 aromatic carbocycles. The lowest BCUT2D eigenvalue weighted by atomic mass is 9.90. The van der Waals surface area contributed by atoms with Crippen LogP contribution in [0.2, 0.25) is 0 Å². The number of rotatable bonds is 5. The molecule has 22 heavy (non-hydrogen) atoms. The van der Waals surface area contributed by atoms with Crippen LogP contribution in [0.15, 0.2) is 30.3 Å². The molecule has 0 bridgehead atoms. The lowest BCUT2D eigenvalue weighted by Gasteiger charge is -2.34. The molecule has 2 amide bonds. The Hall–Kier alpha value is -1.84. The first kappa shape index (κ1) is 15.1. The molecule has 2 N–H and O–H groups in total. The zero-order valence-corrected chi connectivity index (χ0v) is 13.0. The van der Waals surface area contributed by atoms with Crippen LogP contribution in [0, 0.1) is 11.3 Å². The molecule has 1 atom stereocenters. The molecule has 1 aromatic rings. The van der Waals surface area contributed by atoms with Crippen molar-refractivity contribution in [2.24, 2.45) is 17.1 Å². The number of carbonyl (C=O) groups is 2. The number of benzene rings is 1. The Balaban J connectivity index is 1.55. The van der Waals surface area contributed by atoms with Gasteiger partial charge in [0.15, 0.2) is 0 Å². The molecular formula is C18H24N2O2. The largest absolute Gasteiger partial charge is 0.369 e. The molecule has 1 aliphatic carbocycles. The molecule has 4 heteroatoms. The Kier molecular flexibility index (Phi) is 4.19. The fourth-order valence-corrected chi connectivity index (χ4v) is 3.49. The number of nitrogens with two attached hydrogens (primary N) is 1. The van der Waals surface area contributed by atoms with Gasteiger partial charge in [0, 0.05) is 13.1 Å². The van der Waals surface area contributed by atoms with E-state index < -0.39 is 11.3 Å². The van der Waals surface area contributed by atoms with Gasteiger partial charge in [-0.2, -0.15) is 0 Å². The van der Waals surface area contributed by atoms with Gasteiger partial charge < -0.3 is 10.6 Å². The van der Waals surface area contributed by atoms with Crippen molar-refractivity contribution in [2.45, 2.75) is 38.5 Å². The maximum atomic E-state index is 12.6. The summed E-state index contributed by atoms with van der Waals surface area (Å²) < 4.78 is 0. The monoisotopic (exact) mass is 300 g/mol. The average Bonchev–Trinajstić information content (AvgIpc) is 3.35. The first-order valence-electron chi connectivity index (χ1n) is 8.25. The van der Waals surface area contributed by atoms with Crippen LogP contribution >= 0.6 is 0 Å². The van der Waals surface area contributed by atoms with E-state index in [1.54, 1.807) is 0 Å². The smallest absolute Gasteiger partial charge is 0.238 e. The van der Waals surface area contributed by atoms with Gasteiger partial charge >= 0.3 is 0 Å². The van der Waals surface area contributed by atoms with E-state index in [4.69, 9.17) is 5.73 Å². The summed E-state index contributed by atoms with van der Waals surface area (Å²) in [6.45, 7) is 1.55. The second-order valence-electron chi connectivity index (χ2n) is 6.73. The zero-order chi connectivity index (χ0) is 15.6. The maximum absolute atomic E-state index is 12.6. The number of amides is 2. The zero-order valence-electron chi connectivity index (χ0n) is 13.0. The van der Waals surface area contributed by atoms with Gasteiger partial charge in [-0.3, -0.25) is 9.59 Å². The SMILES string of the molecule is NC(=O)C1(C(=O)N2CCCC(CCc3ccccc3)C2)CC1. The molecule has 1 unspecified atom stereocenters. The first-order valence-corrected chi connectivity index (χ1v) is 8.25. The Morgan fingerprint density at radius 3 is 2.59 bits per heavy atom. The molecule has 2 aliphatic rings. The minimum Gasteiger partial charge on any atom is -0.369 e. The molecular weight excluding hydrogens is 276 g/mol. The van der Waals surface area contributed by atoms with Crippen LogP contribution in [-0.4, -0.2) is 29.8 Å². The lowest BCUT2D eigenvalue weighted by Crippen LogP contribution is -2.47. The molecule has 3 rings (SSSR count). The molecule has 0 radical (unpaired) electrons. The van der Waals surface area contributed by atoms with Crippen molar-refractivity contribution in [1.82, 2.24) is 4.90 Å². The number of piperidine rings is 1. The second-order valence-corrected chi connectivity index (χ2v) is 6.73. The van der Waals surface area contributed by atoms with Gasteiger partial charge in [-0.15, -0.1) is 0 Å². The van der Waals surface area contributed by atoms with Crippen LogP contribution in [0.1, 0.15) is 37.7 Å². The number of likely N-dealkylation sites (tertiary alicyclic amines) is 1. The van der Waals surface area contributed by atoms with Gasteiger partial charge in [0.05, 0.1) is 0 Å². The van der Waals surface area contributed by atoms with E-state index in [1.165, 1.54) is 12.0 Å². The van der Waals surface area contributed by atoms with Gasteiger partial charge in [-0.1, -0.05) is 30.3 Å². The molecule has 1 saturated heterocycles. The summed E-state index contributed by atoms with van der Waals surface area (Å²) in [7, 11) is 0. The summed E-state index contributed by atoms with van der Waals surface area (Å²) in [5, 5.41) is 0. The summed E-state index contributed by atoms with van der Waals surface area (Å²) in [5.41, 5.74) is 5.91. The fraction of sp³-hybridized carbons (Fsp3) is 0.556. The third-order valence-electron chi connectivity index (χ3n) is 5.12. The standard InChI is InChI=1S/C18H24N2O2/c19-16(21)18(10-11-18)17(22)20-12-4-7-15(13-20)9-8-14-5-2-1-3-6-14/h1-3,5-6,15H,4,7-13H2,(H2,19,21). The van der Waals surface area contributed by atoms with E-state index >= 15 is 0 Å². The van der Waals surface area contributed by atoms with Gasteiger partial charge in [-0.25, -0.2) is 0 Å². The third-order valence-corrected chi connectivity index (χ3v) is 5.12. The fourth-order valence-electron chi connectivity index (χ4n) is 3.49. The van der Waals surface area contributed by atoms with Crippen molar-refractivity contribution >= 4 is 11.8 Å².